The average Bonchev–Trinajstić information content (AvgIpc) is 3.04. The number of ether oxygens (including phenoxy) is 7. The lowest BCUT2D eigenvalue weighted by atomic mass is 9.98. The molecule has 5 rings (SSSR count). The summed E-state index contributed by atoms with van der Waals surface area (Å²) in [5.74, 6) is 1.23. The molecule has 2 fully saturated rings. The summed E-state index contributed by atoms with van der Waals surface area (Å²) in [6.45, 7) is 1.01. The zero-order chi connectivity index (χ0) is 32.6. The third-order valence-electron chi connectivity index (χ3n) is 7.81. The van der Waals surface area contributed by atoms with Gasteiger partial charge in [0.1, 0.15) is 71.0 Å². The van der Waals surface area contributed by atoms with Gasteiger partial charge in [0.15, 0.2) is 23.2 Å². The van der Waals surface area contributed by atoms with Crippen molar-refractivity contribution in [3.63, 3.8) is 0 Å². The molecule has 3 heterocycles. The van der Waals surface area contributed by atoms with Gasteiger partial charge < -0.3 is 68.2 Å². The maximum Gasteiger partial charge on any atom is 0.229 e. The number of hydrogen-bond acceptors (Lipinski definition) is 15. The molecule has 45 heavy (non-hydrogen) atoms. The molecule has 246 valence electrons. The topological polar surface area (TPSA) is 216 Å². The normalized spacial score (nSPS) is 31.9. The Morgan fingerprint density at radius 1 is 0.711 bits per heavy atom. The monoisotopic (exact) mass is 636 g/mol. The molecule has 0 spiro atoms. The van der Waals surface area contributed by atoms with E-state index in [1.54, 1.807) is 18.2 Å². The summed E-state index contributed by atoms with van der Waals surface area (Å²) < 4.78 is 44.6. The van der Waals surface area contributed by atoms with Crippen molar-refractivity contribution in [2.75, 3.05) is 27.9 Å². The fourth-order valence-electron chi connectivity index (χ4n) is 5.22. The van der Waals surface area contributed by atoms with Crippen molar-refractivity contribution in [1.82, 2.24) is 0 Å². The zero-order valence-corrected chi connectivity index (χ0v) is 24.8. The van der Waals surface area contributed by atoms with Gasteiger partial charge in [-0.1, -0.05) is 0 Å². The summed E-state index contributed by atoms with van der Waals surface area (Å²) in [6, 6.07) is 9.04. The first-order chi connectivity index (χ1) is 21.5. The molecule has 0 bridgehead atoms. The van der Waals surface area contributed by atoms with Gasteiger partial charge in [-0.3, -0.25) is 4.79 Å². The highest BCUT2D eigenvalue weighted by Gasteiger charge is 2.47. The first-order valence-electron chi connectivity index (χ1n) is 14.0. The molecule has 0 aliphatic carbocycles. The lowest BCUT2D eigenvalue weighted by Gasteiger charge is -2.42. The fraction of sp³-hybridized carbons (Fsp3) is 0.500. The summed E-state index contributed by atoms with van der Waals surface area (Å²) in [7, 11) is 4.32. The summed E-state index contributed by atoms with van der Waals surface area (Å²) in [6.07, 6.45) is -14.7. The number of hydrogen-bond donors (Lipinski definition) is 6. The molecule has 6 N–H and O–H groups in total. The molecule has 0 saturated carbocycles. The van der Waals surface area contributed by atoms with Gasteiger partial charge in [-0.15, -0.1) is 0 Å². The maximum absolute atomic E-state index is 13.2. The highest BCUT2D eigenvalue weighted by atomic mass is 16.7. The van der Waals surface area contributed by atoms with Gasteiger partial charge in [-0.25, -0.2) is 0 Å². The van der Waals surface area contributed by atoms with Crippen LogP contribution in [-0.4, -0.2) is 120 Å². The molecule has 3 aromatic rings. The Balaban J connectivity index is 1.39. The van der Waals surface area contributed by atoms with Gasteiger partial charge in [0.25, 0.3) is 0 Å². The third kappa shape index (κ3) is 6.44. The van der Waals surface area contributed by atoms with Crippen molar-refractivity contribution < 1.29 is 68.2 Å². The minimum absolute atomic E-state index is 0.0243. The van der Waals surface area contributed by atoms with E-state index < -0.39 is 73.4 Å². The Morgan fingerprint density at radius 2 is 1.38 bits per heavy atom. The summed E-state index contributed by atoms with van der Waals surface area (Å²) >= 11 is 0. The fourth-order valence-corrected chi connectivity index (χ4v) is 5.22. The smallest absolute Gasteiger partial charge is 0.229 e. The molecule has 10 atom stereocenters. The van der Waals surface area contributed by atoms with E-state index in [2.05, 4.69) is 0 Å². The second kappa shape index (κ2) is 13.5. The SMILES string of the molecule is COc1ccc(-c2cc(=O)c3c(OC)cc(OC4OC(COC5OC(C)C(O)C(O)C5O)C(O)C(O)C4O)cc3o2)cc1OC. The van der Waals surface area contributed by atoms with Gasteiger partial charge >= 0.3 is 0 Å². The maximum atomic E-state index is 13.2. The molecule has 10 unspecified atom stereocenters. The molecule has 15 nitrogen and oxygen atoms in total. The van der Waals surface area contributed by atoms with Crippen molar-refractivity contribution in [3.05, 3.63) is 46.6 Å². The van der Waals surface area contributed by atoms with E-state index in [4.69, 9.17) is 37.6 Å². The summed E-state index contributed by atoms with van der Waals surface area (Å²) in [4.78, 5) is 13.2. The van der Waals surface area contributed by atoms with Crippen molar-refractivity contribution >= 4 is 11.0 Å². The molecule has 2 aliphatic heterocycles. The number of benzene rings is 2. The van der Waals surface area contributed by atoms with E-state index in [1.165, 1.54) is 46.5 Å². The van der Waals surface area contributed by atoms with Crippen molar-refractivity contribution in [1.29, 1.82) is 0 Å². The van der Waals surface area contributed by atoms with E-state index in [0.717, 1.165) is 0 Å². The van der Waals surface area contributed by atoms with Crippen LogP contribution in [0.25, 0.3) is 22.3 Å². The second-order valence-corrected chi connectivity index (χ2v) is 10.7. The first kappa shape index (κ1) is 32.9. The molecule has 1 aromatic heterocycles. The Labute approximate surface area is 256 Å². The van der Waals surface area contributed by atoms with E-state index in [0.29, 0.717) is 17.1 Å². The largest absolute Gasteiger partial charge is 0.496 e. The standard InChI is InChI=1S/C30H36O15/c1-12-23(32)25(34)27(36)29(42-12)41-11-21-24(33)26(35)28(37)30(45-21)43-14-8-19(40-4)22-15(31)10-17(44-20(22)9-14)13-5-6-16(38-2)18(7-13)39-3/h5-10,12,21,23-30,32-37H,11H2,1-4H3. The molecule has 2 saturated heterocycles. The Morgan fingerprint density at radius 3 is 2.07 bits per heavy atom. The highest BCUT2D eigenvalue weighted by molar-refractivity contribution is 5.86. The van der Waals surface area contributed by atoms with Gasteiger partial charge in [-0.05, 0) is 25.1 Å². The minimum atomic E-state index is -1.74. The van der Waals surface area contributed by atoms with E-state index in [-0.39, 0.29) is 28.2 Å². The van der Waals surface area contributed by atoms with Crippen LogP contribution in [0.1, 0.15) is 6.92 Å². The van der Waals surface area contributed by atoms with Crippen LogP contribution in [0.5, 0.6) is 23.0 Å². The molecule has 0 radical (unpaired) electrons. The van der Waals surface area contributed by atoms with Crippen molar-refractivity contribution in [3.8, 4) is 34.3 Å². The molecule has 2 aromatic carbocycles. The average molecular weight is 637 g/mol. The Kier molecular flexibility index (Phi) is 9.83. The van der Waals surface area contributed by atoms with Crippen LogP contribution in [0, 0.1) is 0 Å². The van der Waals surface area contributed by atoms with E-state index >= 15 is 0 Å². The number of rotatable bonds is 9. The predicted molar refractivity (Wildman–Crippen MR) is 153 cm³/mol. The summed E-state index contributed by atoms with van der Waals surface area (Å²) in [5.41, 5.74) is 0.185. The summed E-state index contributed by atoms with van der Waals surface area (Å²) in [5, 5.41) is 62.0. The van der Waals surface area contributed by atoms with Crippen LogP contribution in [0.3, 0.4) is 0 Å². The number of methoxy groups -OCH3 is 3. The minimum Gasteiger partial charge on any atom is -0.496 e. The predicted octanol–water partition coefficient (Wildman–Crippen LogP) is -0.484. The lowest BCUT2D eigenvalue weighted by Crippen LogP contribution is -2.61. The lowest BCUT2D eigenvalue weighted by molar-refractivity contribution is -0.318. The molecular weight excluding hydrogens is 600 g/mol. The number of aliphatic hydroxyl groups excluding tert-OH is 6. The van der Waals surface area contributed by atoms with Crippen LogP contribution in [0.15, 0.2) is 45.6 Å². The molecule has 0 amide bonds. The zero-order valence-electron chi connectivity index (χ0n) is 24.8. The molecule has 15 heteroatoms. The van der Waals surface area contributed by atoms with Crippen molar-refractivity contribution in [2.45, 2.75) is 68.3 Å². The van der Waals surface area contributed by atoms with Gasteiger partial charge in [0, 0.05) is 23.8 Å². The second-order valence-electron chi connectivity index (χ2n) is 10.7. The molecular formula is C30H36O15. The first-order valence-corrected chi connectivity index (χ1v) is 14.0. The van der Waals surface area contributed by atoms with Crippen LogP contribution in [0.4, 0.5) is 0 Å². The van der Waals surface area contributed by atoms with Crippen molar-refractivity contribution in [2.24, 2.45) is 0 Å². The third-order valence-corrected chi connectivity index (χ3v) is 7.81. The van der Waals surface area contributed by atoms with Crippen LogP contribution < -0.4 is 24.4 Å². The quantitative estimate of drug-likeness (QED) is 0.175. The Bertz CT molecular complexity index is 1540. The Hall–Kier alpha value is -3.51. The van der Waals surface area contributed by atoms with Crippen LogP contribution >= 0.6 is 0 Å². The van der Waals surface area contributed by atoms with E-state index in [9.17, 15) is 35.4 Å². The van der Waals surface area contributed by atoms with E-state index in [1.807, 2.05) is 0 Å². The van der Waals surface area contributed by atoms with Crippen LogP contribution in [0.2, 0.25) is 0 Å². The van der Waals surface area contributed by atoms with Gasteiger partial charge in [0.05, 0.1) is 34.0 Å². The highest BCUT2D eigenvalue weighted by Crippen LogP contribution is 2.36. The van der Waals surface area contributed by atoms with Gasteiger partial charge in [0.2, 0.25) is 6.29 Å². The van der Waals surface area contributed by atoms with Crippen LogP contribution in [-0.2, 0) is 14.2 Å². The number of aliphatic hydroxyl groups is 6. The number of fused-ring (bicyclic) bond motifs is 1. The van der Waals surface area contributed by atoms with Gasteiger partial charge in [-0.2, -0.15) is 0 Å². The molecule has 2 aliphatic rings.